The van der Waals surface area contributed by atoms with Crippen molar-refractivity contribution in [1.29, 1.82) is 0 Å². The normalized spacial score (nSPS) is 40.4. The molecule has 0 heterocycles. The van der Waals surface area contributed by atoms with Crippen molar-refractivity contribution in [2.75, 3.05) is 6.61 Å². The molecule has 2 saturated carbocycles. The second kappa shape index (κ2) is 9.67. The van der Waals surface area contributed by atoms with Gasteiger partial charge in [0.2, 0.25) is 0 Å². The molecular formula is C30H46O6. The fourth-order valence-corrected chi connectivity index (χ4v) is 8.08. The highest BCUT2D eigenvalue weighted by molar-refractivity contribution is 6.04. The van der Waals surface area contributed by atoms with E-state index in [4.69, 9.17) is 4.74 Å². The van der Waals surface area contributed by atoms with Crippen molar-refractivity contribution < 1.29 is 29.6 Å². The molecule has 0 aromatic rings. The minimum atomic E-state index is -1.76. The van der Waals surface area contributed by atoms with Crippen LogP contribution in [0, 0.1) is 29.1 Å². The zero-order valence-corrected chi connectivity index (χ0v) is 22.8. The lowest BCUT2D eigenvalue weighted by atomic mass is 9.60. The van der Waals surface area contributed by atoms with E-state index in [9.17, 15) is 24.9 Å². The molecule has 202 valence electrons. The Bertz CT molecular complexity index is 949. The Morgan fingerprint density at radius 3 is 2.36 bits per heavy atom. The molecule has 0 aromatic heterocycles. The first-order valence-corrected chi connectivity index (χ1v) is 14.1. The van der Waals surface area contributed by atoms with Crippen LogP contribution >= 0.6 is 0 Å². The maximum Gasteiger partial charge on any atom is 0.306 e. The monoisotopic (exact) mass is 502 g/mol. The number of carbonyl (C=O) groups excluding carboxylic acids is 2. The summed E-state index contributed by atoms with van der Waals surface area (Å²) in [6.07, 6.45) is 12.4. The van der Waals surface area contributed by atoms with Crippen molar-refractivity contribution in [2.24, 2.45) is 29.1 Å². The van der Waals surface area contributed by atoms with Crippen LogP contribution in [-0.2, 0) is 14.3 Å². The Balaban J connectivity index is 1.54. The van der Waals surface area contributed by atoms with Crippen LogP contribution in [-0.4, -0.2) is 50.5 Å². The smallest absolute Gasteiger partial charge is 0.306 e. The van der Waals surface area contributed by atoms with Gasteiger partial charge in [0.15, 0.2) is 5.78 Å². The fraction of sp³-hybridized carbons (Fsp3) is 0.800. The molecule has 0 unspecified atom stereocenters. The highest BCUT2D eigenvalue weighted by atomic mass is 16.6. The lowest BCUT2D eigenvalue weighted by molar-refractivity contribution is -0.187. The molecule has 2 fully saturated rings. The number of rotatable bonds is 10. The average Bonchev–Trinajstić information content (AvgIpc) is 3.22. The maximum absolute atomic E-state index is 13.0. The second-order valence-electron chi connectivity index (χ2n) is 12.7. The van der Waals surface area contributed by atoms with Gasteiger partial charge in [-0.25, -0.2) is 0 Å². The number of esters is 1. The third-order valence-corrected chi connectivity index (χ3v) is 10.2. The number of aliphatic hydroxyl groups is 3. The minimum absolute atomic E-state index is 0.00453. The summed E-state index contributed by atoms with van der Waals surface area (Å²) < 4.78 is 6.28. The van der Waals surface area contributed by atoms with E-state index in [1.807, 2.05) is 13.0 Å². The summed E-state index contributed by atoms with van der Waals surface area (Å²) >= 11 is 0. The SMILES string of the molecule is CCCCCCCCCC(=O)O[C@@]12C[C@@H](C)[C@@]3(O)[C@@H](C=C(CO)C[C@]4(O)C(=O)C(C)=C[C@@H]34)[C@@H]1C2(C)C. The highest BCUT2D eigenvalue weighted by Crippen LogP contribution is 2.76. The first kappa shape index (κ1) is 27.5. The van der Waals surface area contributed by atoms with Gasteiger partial charge >= 0.3 is 5.97 Å². The van der Waals surface area contributed by atoms with Gasteiger partial charge in [-0.3, -0.25) is 9.59 Å². The third kappa shape index (κ3) is 4.03. The summed E-state index contributed by atoms with van der Waals surface area (Å²) in [5.41, 5.74) is -3.20. The van der Waals surface area contributed by atoms with Gasteiger partial charge in [-0.2, -0.15) is 0 Å². The number of ketones is 1. The Morgan fingerprint density at radius 1 is 1.08 bits per heavy atom. The molecule has 0 amide bonds. The number of aliphatic hydroxyl groups excluding tert-OH is 1. The standard InChI is InChI=1S/C30H46O6/c1-6-7-8-9-10-11-12-13-24(32)36-29-16-20(3)30(35)22(25(29)27(29,4)5)15-21(18-31)17-28(34)23(30)14-19(2)26(28)33/h14-15,20,22-23,25,31,34-35H,6-13,16-18H2,1-5H3/t20-,22+,23-,25-,28-,29+,30-/m1/s1. The molecule has 0 aromatic carbocycles. The predicted octanol–water partition coefficient (Wildman–Crippen LogP) is 4.65. The van der Waals surface area contributed by atoms with Crippen LogP contribution in [0.4, 0.5) is 0 Å². The first-order valence-electron chi connectivity index (χ1n) is 14.1. The van der Waals surface area contributed by atoms with Crippen LogP contribution in [0.3, 0.4) is 0 Å². The van der Waals surface area contributed by atoms with E-state index >= 15 is 0 Å². The molecule has 3 N–H and O–H groups in total. The van der Waals surface area contributed by atoms with Gasteiger partial charge in [0.25, 0.3) is 0 Å². The van der Waals surface area contributed by atoms with Crippen molar-refractivity contribution in [3.63, 3.8) is 0 Å². The van der Waals surface area contributed by atoms with Crippen LogP contribution in [0.25, 0.3) is 0 Å². The van der Waals surface area contributed by atoms with Gasteiger partial charge in [-0.05, 0) is 36.8 Å². The average molecular weight is 503 g/mol. The summed E-state index contributed by atoms with van der Waals surface area (Å²) in [5.74, 6) is -2.25. The zero-order chi connectivity index (χ0) is 26.5. The van der Waals surface area contributed by atoms with E-state index in [2.05, 4.69) is 20.8 Å². The summed E-state index contributed by atoms with van der Waals surface area (Å²) in [5, 5.41) is 34.0. The van der Waals surface area contributed by atoms with Crippen molar-refractivity contribution >= 4 is 11.8 Å². The summed E-state index contributed by atoms with van der Waals surface area (Å²) in [7, 11) is 0. The lowest BCUT2D eigenvalue weighted by Crippen LogP contribution is -2.61. The van der Waals surface area contributed by atoms with Crippen molar-refractivity contribution in [2.45, 2.75) is 116 Å². The number of ether oxygens (including phenoxy) is 1. The van der Waals surface area contributed by atoms with E-state index < -0.39 is 28.6 Å². The van der Waals surface area contributed by atoms with Crippen molar-refractivity contribution in [3.8, 4) is 0 Å². The summed E-state index contributed by atoms with van der Waals surface area (Å²) in [6.45, 7) is 9.70. The highest BCUT2D eigenvalue weighted by Gasteiger charge is 2.83. The zero-order valence-electron chi connectivity index (χ0n) is 22.8. The van der Waals surface area contributed by atoms with E-state index in [0.717, 1.165) is 19.3 Å². The molecule has 4 rings (SSSR count). The molecule has 36 heavy (non-hydrogen) atoms. The number of carbonyl (C=O) groups is 2. The van der Waals surface area contributed by atoms with Crippen LogP contribution in [0.1, 0.15) is 98.8 Å². The fourth-order valence-electron chi connectivity index (χ4n) is 8.08. The molecule has 0 saturated heterocycles. The van der Waals surface area contributed by atoms with Crippen LogP contribution < -0.4 is 0 Å². The van der Waals surface area contributed by atoms with E-state index in [1.165, 1.54) is 25.7 Å². The Morgan fingerprint density at radius 2 is 1.72 bits per heavy atom. The largest absolute Gasteiger partial charge is 0.458 e. The number of fused-ring (bicyclic) bond motifs is 5. The molecule has 0 aliphatic heterocycles. The van der Waals surface area contributed by atoms with Crippen LogP contribution in [0.2, 0.25) is 0 Å². The number of unbranched alkanes of at least 4 members (excludes halogenated alkanes) is 6. The number of hydrogen-bond acceptors (Lipinski definition) is 6. The van der Waals surface area contributed by atoms with Crippen LogP contribution in [0.5, 0.6) is 0 Å². The minimum Gasteiger partial charge on any atom is -0.458 e. The number of hydrogen-bond donors (Lipinski definition) is 3. The predicted molar refractivity (Wildman–Crippen MR) is 138 cm³/mol. The van der Waals surface area contributed by atoms with Gasteiger partial charge < -0.3 is 20.1 Å². The molecule has 0 radical (unpaired) electrons. The topological polar surface area (TPSA) is 104 Å². The van der Waals surface area contributed by atoms with E-state index in [1.54, 1.807) is 13.0 Å². The van der Waals surface area contributed by atoms with Crippen molar-refractivity contribution in [1.82, 2.24) is 0 Å². The molecule has 4 aliphatic carbocycles. The lowest BCUT2D eigenvalue weighted by Gasteiger charge is -2.50. The molecule has 0 bridgehead atoms. The quantitative estimate of drug-likeness (QED) is 0.228. The van der Waals surface area contributed by atoms with Crippen molar-refractivity contribution in [3.05, 3.63) is 23.3 Å². The molecule has 6 nitrogen and oxygen atoms in total. The van der Waals surface area contributed by atoms with Gasteiger partial charge in [-0.1, -0.05) is 78.4 Å². The Labute approximate surface area is 216 Å². The second-order valence-corrected chi connectivity index (χ2v) is 12.7. The Kier molecular flexibility index (Phi) is 7.39. The van der Waals surface area contributed by atoms with Gasteiger partial charge in [0.1, 0.15) is 11.2 Å². The summed E-state index contributed by atoms with van der Waals surface area (Å²) in [4.78, 5) is 26.0. The van der Waals surface area contributed by atoms with E-state index in [-0.39, 0.29) is 42.0 Å². The first-order chi connectivity index (χ1) is 16.9. The maximum atomic E-state index is 13.0. The molecular weight excluding hydrogens is 456 g/mol. The van der Waals surface area contributed by atoms with Gasteiger partial charge in [0, 0.05) is 36.0 Å². The Hall–Kier alpha value is -1.50. The van der Waals surface area contributed by atoms with E-state index in [0.29, 0.717) is 24.0 Å². The molecule has 4 aliphatic rings. The summed E-state index contributed by atoms with van der Waals surface area (Å²) in [6, 6.07) is 0. The van der Waals surface area contributed by atoms with Crippen LogP contribution in [0.15, 0.2) is 23.3 Å². The third-order valence-electron chi connectivity index (χ3n) is 10.2. The molecule has 7 atom stereocenters. The number of Topliss-reactive ketones (excluding diaryl/α,β-unsaturated/α-hetero) is 1. The molecule has 0 spiro atoms. The molecule has 6 heteroatoms. The van der Waals surface area contributed by atoms with Gasteiger partial charge in [-0.15, -0.1) is 0 Å². The van der Waals surface area contributed by atoms with Gasteiger partial charge in [0.05, 0.1) is 12.2 Å².